The van der Waals surface area contributed by atoms with Crippen LogP contribution >= 0.6 is 12.2 Å². The Balaban J connectivity index is 3.14. The van der Waals surface area contributed by atoms with Gasteiger partial charge < -0.3 is 0 Å². The molecule has 4 heteroatoms. The Hall–Kier alpha value is -1.12. The molecule has 0 fully saturated rings. The molecule has 0 atom stereocenters. The van der Waals surface area contributed by atoms with Gasteiger partial charge in [0.2, 0.25) is 0 Å². The van der Waals surface area contributed by atoms with Crippen molar-refractivity contribution in [3.05, 3.63) is 29.8 Å². The standard InChI is InChI=1S/C7H3F2NS/c8-6-2-1-5(10-4-11)3-7(6)9/h1-3H. The molecule has 1 nitrogen and oxygen atoms in total. The molecular formula is C7H3F2NS. The Morgan fingerprint density at radius 2 is 2.00 bits per heavy atom. The molecule has 0 bridgehead atoms. The fraction of sp³-hybridized carbons (Fsp3) is 0. The third-order valence-electron chi connectivity index (χ3n) is 1.08. The molecule has 1 aromatic rings. The van der Waals surface area contributed by atoms with Gasteiger partial charge in [-0.2, -0.15) is 4.99 Å². The first-order valence-corrected chi connectivity index (χ1v) is 3.18. The molecule has 56 valence electrons. The Morgan fingerprint density at radius 3 is 2.55 bits per heavy atom. The highest BCUT2D eigenvalue weighted by molar-refractivity contribution is 7.78. The van der Waals surface area contributed by atoms with Crippen molar-refractivity contribution < 1.29 is 8.78 Å². The van der Waals surface area contributed by atoms with Crippen molar-refractivity contribution in [2.75, 3.05) is 0 Å². The molecule has 1 aromatic carbocycles. The molecule has 11 heavy (non-hydrogen) atoms. The molecule has 0 aliphatic carbocycles. The van der Waals surface area contributed by atoms with E-state index < -0.39 is 11.6 Å². The van der Waals surface area contributed by atoms with Crippen molar-refractivity contribution in [3.8, 4) is 0 Å². The lowest BCUT2D eigenvalue weighted by Crippen LogP contribution is -1.79. The lowest BCUT2D eigenvalue weighted by molar-refractivity contribution is 0.509. The SMILES string of the molecule is Fc1ccc(N=C=S)cc1F. The summed E-state index contributed by atoms with van der Waals surface area (Å²) in [5.41, 5.74) is 0.263. The fourth-order valence-corrected chi connectivity index (χ4v) is 0.713. The molecule has 0 spiro atoms. The summed E-state index contributed by atoms with van der Waals surface area (Å²) in [6.45, 7) is 0. The number of nitrogens with zero attached hydrogens (tertiary/aromatic N) is 1. The second-order valence-corrected chi connectivity index (χ2v) is 1.98. The van der Waals surface area contributed by atoms with Crippen LogP contribution in [0, 0.1) is 11.6 Å². The number of isothiocyanates is 1. The first kappa shape index (κ1) is 7.98. The van der Waals surface area contributed by atoms with Crippen LogP contribution in [0.5, 0.6) is 0 Å². The summed E-state index contributed by atoms with van der Waals surface area (Å²) in [4.78, 5) is 3.47. The molecule has 0 saturated heterocycles. The second-order valence-electron chi connectivity index (χ2n) is 1.80. The topological polar surface area (TPSA) is 12.4 Å². The predicted octanol–water partition coefficient (Wildman–Crippen LogP) is 2.70. The number of thiocarbonyl (C=S) groups is 1. The van der Waals surface area contributed by atoms with E-state index in [0.29, 0.717) is 0 Å². The van der Waals surface area contributed by atoms with Gasteiger partial charge in [0.15, 0.2) is 11.6 Å². The average Bonchev–Trinajstić information content (AvgIpc) is 1.98. The highest BCUT2D eigenvalue weighted by atomic mass is 32.1. The van der Waals surface area contributed by atoms with Crippen LogP contribution in [0.15, 0.2) is 23.2 Å². The van der Waals surface area contributed by atoms with Crippen LogP contribution in [0.2, 0.25) is 0 Å². The van der Waals surface area contributed by atoms with E-state index in [0.717, 1.165) is 12.1 Å². The molecule has 0 aliphatic rings. The second kappa shape index (κ2) is 3.32. The predicted molar refractivity (Wildman–Crippen MR) is 41.0 cm³/mol. The minimum absolute atomic E-state index is 0.263. The number of hydrogen-bond acceptors (Lipinski definition) is 2. The van der Waals surface area contributed by atoms with Gasteiger partial charge in [-0.15, -0.1) is 0 Å². The van der Waals surface area contributed by atoms with E-state index >= 15 is 0 Å². The Labute approximate surface area is 67.4 Å². The van der Waals surface area contributed by atoms with Crippen molar-refractivity contribution in [1.29, 1.82) is 0 Å². The molecule has 0 aliphatic heterocycles. The van der Waals surface area contributed by atoms with Gasteiger partial charge >= 0.3 is 0 Å². The van der Waals surface area contributed by atoms with Gasteiger partial charge in [0, 0.05) is 6.07 Å². The lowest BCUT2D eigenvalue weighted by Gasteiger charge is -1.91. The van der Waals surface area contributed by atoms with E-state index in [2.05, 4.69) is 17.2 Å². The van der Waals surface area contributed by atoms with E-state index in [-0.39, 0.29) is 5.69 Å². The molecule has 0 saturated carbocycles. The Kier molecular flexibility index (Phi) is 2.41. The quantitative estimate of drug-likeness (QED) is 0.467. The number of hydrogen-bond donors (Lipinski definition) is 0. The monoisotopic (exact) mass is 171 g/mol. The molecule has 0 radical (unpaired) electrons. The third kappa shape index (κ3) is 1.90. The zero-order valence-electron chi connectivity index (χ0n) is 5.34. The summed E-state index contributed by atoms with van der Waals surface area (Å²) in [7, 11) is 0. The Bertz CT molecular complexity index is 318. The van der Waals surface area contributed by atoms with Crippen molar-refractivity contribution in [3.63, 3.8) is 0 Å². The molecule has 0 N–H and O–H groups in total. The molecule has 1 rings (SSSR count). The Morgan fingerprint density at radius 1 is 1.27 bits per heavy atom. The summed E-state index contributed by atoms with van der Waals surface area (Å²) in [5.74, 6) is -1.83. The van der Waals surface area contributed by atoms with E-state index in [1.807, 2.05) is 5.16 Å². The van der Waals surface area contributed by atoms with E-state index in [1.165, 1.54) is 6.07 Å². The first-order valence-electron chi connectivity index (χ1n) is 2.77. The minimum Gasteiger partial charge on any atom is -0.204 e. The maximum absolute atomic E-state index is 12.4. The summed E-state index contributed by atoms with van der Waals surface area (Å²) >= 11 is 4.28. The minimum atomic E-state index is -0.934. The molecule has 0 aromatic heterocycles. The summed E-state index contributed by atoms with van der Waals surface area (Å²) in [5, 5.41) is 2.05. The van der Waals surface area contributed by atoms with Crippen LogP contribution in [-0.4, -0.2) is 5.16 Å². The van der Waals surface area contributed by atoms with Gasteiger partial charge in [-0.05, 0) is 24.4 Å². The van der Waals surface area contributed by atoms with Gasteiger partial charge in [-0.3, -0.25) is 0 Å². The summed E-state index contributed by atoms with van der Waals surface area (Å²) < 4.78 is 24.7. The van der Waals surface area contributed by atoms with Gasteiger partial charge in [0.1, 0.15) is 0 Å². The van der Waals surface area contributed by atoms with Gasteiger partial charge in [0.25, 0.3) is 0 Å². The highest BCUT2D eigenvalue weighted by Crippen LogP contribution is 2.14. The smallest absolute Gasteiger partial charge is 0.161 e. The van der Waals surface area contributed by atoms with Crippen molar-refractivity contribution in [2.24, 2.45) is 4.99 Å². The van der Waals surface area contributed by atoms with Crippen LogP contribution in [-0.2, 0) is 0 Å². The van der Waals surface area contributed by atoms with Crippen LogP contribution < -0.4 is 0 Å². The molecular weight excluding hydrogens is 168 g/mol. The van der Waals surface area contributed by atoms with Crippen LogP contribution in [0.3, 0.4) is 0 Å². The van der Waals surface area contributed by atoms with Gasteiger partial charge in [-0.25, -0.2) is 8.78 Å². The van der Waals surface area contributed by atoms with Gasteiger partial charge in [0.05, 0.1) is 10.8 Å². The third-order valence-corrected chi connectivity index (χ3v) is 1.17. The van der Waals surface area contributed by atoms with Crippen LogP contribution in [0.25, 0.3) is 0 Å². The van der Waals surface area contributed by atoms with Crippen molar-refractivity contribution >= 4 is 23.1 Å². The average molecular weight is 171 g/mol. The van der Waals surface area contributed by atoms with Crippen LogP contribution in [0.1, 0.15) is 0 Å². The maximum atomic E-state index is 12.4. The van der Waals surface area contributed by atoms with E-state index in [4.69, 9.17) is 0 Å². The van der Waals surface area contributed by atoms with Gasteiger partial charge in [-0.1, -0.05) is 0 Å². The molecule has 0 unspecified atom stereocenters. The first-order chi connectivity index (χ1) is 5.24. The molecule has 0 heterocycles. The normalized spacial score (nSPS) is 8.91. The summed E-state index contributed by atoms with van der Waals surface area (Å²) in [6, 6.07) is 3.26. The number of benzene rings is 1. The fourth-order valence-electron chi connectivity index (χ4n) is 0.607. The maximum Gasteiger partial charge on any atom is 0.161 e. The lowest BCUT2D eigenvalue weighted by atomic mass is 10.3. The summed E-state index contributed by atoms with van der Waals surface area (Å²) in [6.07, 6.45) is 0. The highest BCUT2D eigenvalue weighted by Gasteiger charge is 1.99. The zero-order chi connectivity index (χ0) is 8.27. The van der Waals surface area contributed by atoms with E-state index in [1.54, 1.807) is 0 Å². The van der Waals surface area contributed by atoms with Crippen molar-refractivity contribution in [1.82, 2.24) is 0 Å². The largest absolute Gasteiger partial charge is 0.204 e. The van der Waals surface area contributed by atoms with Crippen molar-refractivity contribution in [2.45, 2.75) is 0 Å². The number of rotatable bonds is 1. The number of aliphatic imine (C=N–C) groups is 1. The zero-order valence-corrected chi connectivity index (χ0v) is 6.16. The number of halogens is 2. The van der Waals surface area contributed by atoms with Crippen LogP contribution in [0.4, 0.5) is 14.5 Å². The van der Waals surface area contributed by atoms with E-state index in [9.17, 15) is 8.78 Å². The molecule has 0 amide bonds.